The molecule has 2 N–H and O–H groups in total. The highest BCUT2D eigenvalue weighted by atomic mass is 16.5. The van der Waals surface area contributed by atoms with Crippen molar-refractivity contribution in [3.05, 3.63) is 11.7 Å². The van der Waals surface area contributed by atoms with Crippen molar-refractivity contribution in [1.82, 2.24) is 20.8 Å². The molecule has 0 aliphatic heterocycles. The van der Waals surface area contributed by atoms with Crippen molar-refractivity contribution in [2.24, 2.45) is 0 Å². The lowest BCUT2D eigenvalue weighted by Crippen LogP contribution is -2.26. The van der Waals surface area contributed by atoms with Crippen LogP contribution in [0.15, 0.2) is 4.52 Å². The molecule has 0 unspecified atom stereocenters. The van der Waals surface area contributed by atoms with Gasteiger partial charge in [-0.15, -0.1) is 0 Å². The van der Waals surface area contributed by atoms with Gasteiger partial charge < -0.3 is 15.2 Å². The quantitative estimate of drug-likeness (QED) is 0.673. The SMILES string of the molecule is CNCCC(=O)NCc1nc(C)no1. The van der Waals surface area contributed by atoms with Crippen LogP contribution < -0.4 is 10.6 Å². The minimum atomic E-state index is -0.0322. The highest BCUT2D eigenvalue weighted by molar-refractivity contribution is 5.75. The monoisotopic (exact) mass is 198 g/mol. The van der Waals surface area contributed by atoms with Crippen molar-refractivity contribution in [3.63, 3.8) is 0 Å². The fraction of sp³-hybridized carbons (Fsp3) is 0.625. The van der Waals surface area contributed by atoms with Crippen molar-refractivity contribution in [2.75, 3.05) is 13.6 Å². The fourth-order valence-corrected chi connectivity index (χ4v) is 0.913. The summed E-state index contributed by atoms with van der Waals surface area (Å²) in [4.78, 5) is 15.1. The molecule has 1 aromatic rings. The fourth-order valence-electron chi connectivity index (χ4n) is 0.913. The van der Waals surface area contributed by atoms with E-state index in [4.69, 9.17) is 4.52 Å². The average Bonchev–Trinajstić information content (AvgIpc) is 2.58. The highest BCUT2D eigenvalue weighted by Gasteiger charge is 2.04. The number of nitrogens with one attached hydrogen (secondary N) is 2. The van der Waals surface area contributed by atoms with Gasteiger partial charge in [0.05, 0.1) is 6.54 Å². The van der Waals surface area contributed by atoms with E-state index in [1.807, 2.05) is 0 Å². The van der Waals surface area contributed by atoms with Crippen molar-refractivity contribution in [1.29, 1.82) is 0 Å². The van der Waals surface area contributed by atoms with Gasteiger partial charge in [-0.1, -0.05) is 5.16 Å². The highest BCUT2D eigenvalue weighted by Crippen LogP contribution is 1.94. The summed E-state index contributed by atoms with van der Waals surface area (Å²) < 4.78 is 4.83. The number of aryl methyl sites for hydroxylation is 1. The van der Waals surface area contributed by atoms with Crippen molar-refractivity contribution >= 4 is 5.91 Å². The number of carbonyl (C=O) groups excluding carboxylic acids is 1. The molecule has 14 heavy (non-hydrogen) atoms. The lowest BCUT2D eigenvalue weighted by molar-refractivity contribution is -0.121. The van der Waals surface area contributed by atoms with E-state index >= 15 is 0 Å². The molecule has 0 aliphatic rings. The predicted octanol–water partition coefficient (Wildman–Crippen LogP) is -0.396. The minimum Gasteiger partial charge on any atom is -0.347 e. The first-order valence-electron chi connectivity index (χ1n) is 4.43. The number of carbonyl (C=O) groups is 1. The van der Waals surface area contributed by atoms with Crippen LogP contribution in [-0.2, 0) is 11.3 Å². The van der Waals surface area contributed by atoms with Crippen LogP contribution >= 0.6 is 0 Å². The molecule has 0 spiro atoms. The van der Waals surface area contributed by atoms with E-state index in [0.29, 0.717) is 31.2 Å². The first-order chi connectivity index (χ1) is 6.72. The molecule has 1 amide bonds. The summed E-state index contributed by atoms with van der Waals surface area (Å²) in [5, 5.41) is 9.17. The summed E-state index contributed by atoms with van der Waals surface area (Å²) in [5.74, 6) is 0.972. The van der Waals surface area contributed by atoms with Gasteiger partial charge in [-0.2, -0.15) is 4.98 Å². The van der Waals surface area contributed by atoms with Gasteiger partial charge >= 0.3 is 0 Å². The molecule has 0 bridgehead atoms. The minimum absolute atomic E-state index is 0.0322. The lowest BCUT2D eigenvalue weighted by Gasteiger charge is -2.00. The van der Waals surface area contributed by atoms with Gasteiger partial charge in [-0.05, 0) is 14.0 Å². The molecule has 1 rings (SSSR count). The molecule has 0 fully saturated rings. The summed E-state index contributed by atoms with van der Waals surface area (Å²) >= 11 is 0. The van der Waals surface area contributed by atoms with E-state index in [-0.39, 0.29) is 5.91 Å². The second-order valence-electron chi connectivity index (χ2n) is 2.87. The maximum atomic E-state index is 11.1. The Kier molecular flexibility index (Phi) is 4.06. The first kappa shape index (κ1) is 10.6. The third-order valence-electron chi connectivity index (χ3n) is 1.61. The van der Waals surface area contributed by atoms with Gasteiger partial charge in [-0.3, -0.25) is 4.79 Å². The molecule has 0 saturated heterocycles. The zero-order valence-electron chi connectivity index (χ0n) is 8.33. The average molecular weight is 198 g/mol. The van der Waals surface area contributed by atoms with Gasteiger partial charge in [0, 0.05) is 13.0 Å². The largest absolute Gasteiger partial charge is 0.347 e. The Hall–Kier alpha value is -1.43. The second-order valence-corrected chi connectivity index (χ2v) is 2.87. The number of rotatable bonds is 5. The van der Waals surface area contributed by atoms with Crippen LogP contribution in [0.4, 0.5) is 0 Å². The zero-order valence-corrected chi connectivity index (χ0v) is 8.33. The Morgan fingerprint density at radius 2 is 2.36 bits per heavy atom. The summed E-state index contributed by atoms with van der Waals surface area (Å²) in [6.07, 6.45) is 0.448. The zero-order chi connectivity index (χ0) is 10.4. The van der Waals surface area contributed by atoms with Crippen LogP contribution in [0.1, 0.15) is 18.1 Å². The van der Waals surface area contributed by atoms with Crippen molar-refractivity contribution in [2.45, 2.75) is 19.9 Å². The van der Waals surface area contributed by atoms with Gasteiger partial charge in [-0.25, -0.2) is 0 Å². The predicted molar refractivity (Wildman–Crippen MR) is 49.4 cm³/mol. The van der Waals surface area contributed by atoms with Crippen LogP contribution in [0.3, 0.4) is 0 Å². The molecule has 0 saturated carbocycles. The Morgan fingerprint density at radius 1 is 1.57 bits per heavy atom. The molecule has 78 valence electrons. The van der Waals surface area contributed by atoms with Crippen LogP contribution in [-0.4, -0.2) is 29.6 Å². The third-order valence-corrected chi connectivity index (χ3v) is 1.61. The Bertz CT molecular complexity index is 297. The molecule has 1 aromatic heterocycles. The summed E-state index contributed by atoms with van der Waals surface area (Å²) in [6, 6.07) is 0. The van der Waals surface area contributed by atoms with E-state index in [0.717, 1.165) is 0 Å². The lowest BCUT2D eigenvalue weighted by atomic mass is 10.4. The van der Waals surface area contributed by atoms with E-state index in [1.165, 1.54) is 0 Å². The summed E-state index contributed by atoms with van der Waals surface area (Å²) in [6.45, 7) is 2.69. The maximum Gasteiger partial charge on any atom is 0.246 e. The number of nitrogens with zero attached hydrogens (tertiary/aromatic N) is 2. The second kappa shape index (κ2) is 5.33. The van der Waals surface area contributed by atoms with E-state index in [1.54, 1.807) is 14.0 Å². The molecule has 0 radical (unpaired) electrons. The smallest absolute Gasteiger partial charge is 0.246 e. The Labute approximate surface area is 82.1 Å². The normalized spacial score (nSPS) is 10.1. The molecule has 0 aromatic carbocycles. The number of hydrogen-bond acceptors (Lipinski definition) is 5. The Morgan fingerprint density at radius 3 is 2.93 bits per heavy atom. The third kappa shape index (κ3) is 3.53. The van der Waals surface area contributed by atoms with Crippen LogP contribution in [0.2, 0.25) is 0 Å². The van der Waals surface area contributed by atoms with Gasteiger partial charge in [0.1, 0.15) is 0 Å². The van der Waals surface area contributed by atoms with E-state index < -0.39 is 0 Å². The van der Waals surface area contributed by atoms with Crippen LogP contribution in [0, 0.1) is 6.92 Å². The van der Waals surface area contributed by atoms with Crippen LogP contribution in [0.5, 0.6) is 0 Å². The summed E-state index contributed by atoms with van der Waals surface area (Å²) in [5.41, 5.74) is 0. The molecule has 6 heteroatoms. The van der Waals surface area contributed by atoms with Gasteiger partial charge in [0.15, 0.2) is 5.82 Å². The van der Waals surface area contributed by atoms with Crippen molar-refractivity contribution in [3.8, 4) is 0 Å². The van der Waals surface area contributed by atoms with Crippen molar-refractivity contribution < 1.29 is 9.32 Å². The molecule has 0 aliphatic carbocycles. The maximum absolute atomic E-state index is 11.1. The molecule has 1 heterocycles. The molecular formula is C8H14N4O2. The molecule has 0 atom stereocenters. The molecular weight excluding hydrogens is 184 g/mol. The molecule has 6 nitrogen and oxygen atoms in total. The van der Waals surface area contributed by atoms with Gasteiger partial charge in [0.25, 0.3) is 0 Å². The topological polar surface area (TPSA) is 80.0 Å². The van der Waals surface area contributed by atoms with Crippen LogP contribution in [0.25, 0.3) is 0 Å². The Balaban J connectivity index is 2.23. The van der Waals surface area contributed by atoms with E-state index in [9.17, 15) is 4.79 Å². The number of aromatic nitrogens is 2. The summed E-state index contributed by atoms with van der Waals surface area (Å²) in [7, 11) is 1.80. The first-order valence-corrected chi connectivity index (χ1v) is 4.43. The van der Waals surface area contributed by atoms with Gasteiger partial charge in [0.2, 0.25) is 11.8 Å². The van der Waals surface area contributed by atoms with E-state index in [2.05, 4.69) is 20.8 Å². The standard InChI is InChI=1S/C8H14N4O2/c1-6-11-8(14-12-6)5-10-7(13)3-4-9-2/h9H,3-5H2,1-2H3,(H,10,13). The number of amides is 1. The number of hydrogen-bond donors (Lipinski definition) is 2.